The first-order valence-corrected chi connectivity index (χ1v) is 10.4. The van der Waals surface area contributed by atoms with E-state index in [-0.39, 0.29) is 23.7 Å². The number of pyridine rings is 1. The minimum Gasteiger partial charge on any atom is -0.375 e. The average Bonchev–Trinajstić information content (AvgIpc) is 3.03. The van der Waals surface area contributed by atoms with Crippen molar-refractivity contribution < 1.29 is 0 Å². The summed E-state index contributed by atoms with van der Waals surface area (Å²) in [6.07, 6.45) is 9.35. The molecule has 1 aromatic carbocycles. The van der Waals surface area contributed by atoms with Gasteiger partial charge in [0.25, 0.3) is 5.56 Å². The summed E-state index contributed by atoms with van der Waals surface area (Å²) >= 11 is 0. The zero-order chi connectivity index (χ0) is 20.0. The third-order valence-electron chi connectivity index (χ3n) is 6.31. The van der Waals surface area contributed by atoms with Gasteiger partial charge in [0, 0.05) is 18.5 Å². The Bertz CT molecular complexity index is 1090. The van der Waals surface area contributed by atoms with Gasteiger partial charge in [-0.25, -0.2) is 0 Å². The van der Waals surface area contributed by atoms with E-state index in [0.717, 1.165) is 30.1 Å². The van der Waals surface area contributed by atoms with Crippen molar-refractivity contribution in [2.24, 2.45) is 4.99 Å². The summed E-state index contributed by atoms with van der Waals surface area (Å²) in [5, 5.41) is 3.78. The van der Waals surface area contributed by atoms with Crippen molar-refractivity contribution in [3.05, 3.63) is 88.1 Å². The molecule has 5 rings (SSSR count). The summed E-state index contributed by atoms with van der Waals surface area (Å²) < 4.78 is 1.70. The van der Waals surface area contributed by atoms with Gasteiger partial charge in [-0.2, -0.15) is 0 Å². The van der Waals surface area contributed by atoms with Gasteiger partial charge in [0.15, 0.2) is 5.84 Å². The number of aliphatic imine (C=N–C) groups is 1. The van der Waals surface area contributed by atoms with E-state index in [9.17, 15) is 4.79 Å². The molecule has 3 aliphatic rings. The van der Waals surface area contributed by atoms with Gasteiger partial charge < -0.3 is 10.2 Å². The van der Waals surface area contributed by atoms with Crippen molar-refractivity contribution in [1.82, 2.24) is 14.8 Å². The van der Waals surface area contributed by atoms with Gasteiger partial charge in [0.2, 0.25) is 0 Å². The standard InChI is InChI=1S/C24H26N4O/c1-16-17(2)28-15-19(27-13-6-5-12-23(27)29)14-22(24(28)25-16)26-21-11-7-9-18-8-3-4-10-20(18)21/h3-6,8,10,12-17,21,26H,7,9,11H2,1-2H3/t16?,17?,21-/m1/s1. The number of rotatable bonds is 3. The number of aromatic nitrogens is 1. The first kappa shape index (κ1) is 18.0. The summed E-state index contributed by atoms with van der Waals surface area (Å²) in [5.41, 5.74) is 4.63. The molecule has 2 aromatic rings. The van der Waals surface area contributed by atoms with Gasteiger partial charge in [-0.05, 0) is 56.4 Å². The summed E-state index contributed by atoms with van der Waals surface area (Å²) in [6, 6.07) is 14.7. The van der Waals surface area contributed by atoms with Gasteiger partial charge in [0.05, 0.1) is 29.5 Å². The average molecular weight is 386 g/mol. The van der Waals surface area contributed by atoms with Crippen LogP contribution >= 0.6 is 0 Å². The highest BCUT2D eigenvalue weighted by Crippen LogP contribution is 2.33. The van der Waals surface area contributed by atoms with E-state index in [0.29, 0.717) is 0 Å². The number of hydrogen-bond acceptors (Lipinski definition) is 4. The fraction of sp³-hybridized carbons (Fsp3) is 0.333. The molecule has 148 valence electrons. The number of hydrogen-bond donors (Lipinski definition) is 1. The number of aryl methyl sites for hydroxylation is 1. The molecule has 3 atom stereocenters. The lowest BCUT2D eigenvalue weighted by Crippen LogP contribution is -2.40. The molecule has 3 heterocycles. The zero-order valence-corrected chi connectivity index (χ0v) is 16.9. The summed E-state index contributed by atoms with van der Waals surface area (Å²) in [7, 11) is 0. The molecule has 5 nitrogen and oxygen atoms in total. The highest BCUT2D eigenvalue weighted by Gasteiger charge is 2.35. The number of benzene rings is 1. The molecular formula is C24H26N4O. The molecule has 1 aliphatic carbocycles. The van der Waals surface area contributed by atoms with Gasteiger partial charge in [-0.3, -0.25) is 14.4 Å². The predicted octanol–water partition coefficient (Wildman–Crippen LogP) is 3.70. The fourth-order valence-electron chi connectivity index (χ4n) is 4.54. The van der Waals surface area contributed by atoms with Crippen molar-refractivity contribution in [3.63, 3.8) is 0 Å². The lowest BCUT2D eigenvalue weighted by Gasteiger charge is -2.33. The van der Waals surface area contributed by atoms with Crippen LogP contribution in [-0.4, -0.2) is 27.4 Å². The predicted molar refractivity (Wildman–Crippen MR) is 117 cm³/mol. The monoisotopic (exact) mass is 386 g/mol. The maximum Gasteiger partial charge on any atom is 0.255 e. The van der Waals surface area contributed by atoms with Crippen LogP contribution in [0.5, 0.6) is 0 Å². The Balaban J connectivity index is 1.56. The van der Waals surface area contributed by atoms with Crippen molar-refractivity contribution in [2.45, 2.75) is 51.2 Å². The molecule has 0 radical (unpaired) electrons. The first-order valence-electron chi connectivity index (χ1n) is 10.4. The second kappa shape index (κ2) is 7.07. The molecule has 0 fully saturated rings. The Morgan fingerprint density at radius 3 is 2.79 bits per heavy atom. The Hall–Kier alpha value is -3.08. The SMILES string of the molecule is CC1N=C2C(N[C@@H]3CCCc4ccccc43)=CC(n3ccccc3=O)=CN2C1C. The van der Waals surface area contributed by atoms with E-state index >= 15 is 0 Å². The second-order valence-corrected chi connectivity index (χ2v) is 8.15. The molecule has 2 unspecified atom stereocenters. The topological polar surface area (TPSA) is 49.6 Å². The Labute approximate surface area is 171 Å². The molecule has 29 heavy (non-hydrogen) atoms. The second-order valence-electron chi connectivity index (χ2n) is 8.15. The van der Waals surface area contributed by atoms with E-state index in [2.05, 4.69) is 54.4 Å². The number of nitrogens with zero attached hydrogens (tertiary/aromatic N) is 3. The quantitative estimate of drug-likeness (QED) is 0.875. The summed E-state index contributed by atoms with van der Waals surface area (Å²) in [6.45, 7) is 4.33. The normalized spacial score (nSPS) is 25.5. The first-order chi connectivity index (χ1) is 14.1. The van der Waals surface area contributed by atoms with Gasteiger partial charge in [0.1, 0.15) is 0 Å². The Morgan fingerprint density at radius 2 is 1.93 bits per heavy atom. The van der Waals surface area contributed by atoms with E-state index in [1.165, 1.54) is 17.5 Å². The van der Waals surface area contributed by atoms with Crippen LogP contribution in [0.25, 0.3) is 5.70 Å². The molecule has 5 heteroatoms. The third-order valence-corrected chi connectivity index (χ3v) is 6.31. The van der Waals surface area contributed by atoms with Crippen LogP contribution in [-0.2, 0) is 6.42 Å². The van der Waals surface area contributed by atoms with Crippen molar-refractivity contribution in [3.8, 4) is 0 Å². The zero-order valence-electron chi connectivity index (χ0n) is 16.9. The van der Waals surface area contributed by atoms with Crippen LogP contribution in [0.4, 0.5) is 0 Å². The molecule has 0 saturated carbocycles. The molecule has 2 aliphatic heterocycles. The fourth-order valence-corrected chi connectivity index (χ4v) is 4.54. The van der Waals surface area contributed by atoms with Crippen molar-refractivity contribution >= 4 is 11.5 Å². The van der Waals surface area contributed by atoms with Gasteiger partial charge in [-0.1, -0.05) is 30.3 Å². The van der Waals surface area contributed by atoms with Crippen LogP contribution in [0.2, 0.25) is 0 Å². The van der Waals surface area contributed by atoms with Crippen LogP contribution in [0.3, 0.4) is 0 Å². The lowest BCUT2D eigenvalue weighted by molar-refractivity contribution is 0.415. The lowest BCUT2D eigenvalue weighted by atomic mass is 9.87. The number of allylic oxidation sites excluding steroid dienone is 2. The highest BCUT2D eigenvalue weighted by molar-refractivity contribution is 6.03. The van der Waals surface area contributed by atoms with E-state index in [1.54, 1.807) is 16.7 Å². The molecule has 1 N–H and O–H groups in total. The van der Waals surface area contributed by atoms with Gasteiger partial charge in [-0.15, -0.1) is 0 Å². The third kappa shape index (κ3) is 3.11. The molecule has 0 saturated heterocycles. The maximum absolute atomic E-state index is 12.4. The minimum absolute atomic E-state index is 0.0300. The molecule has 0 spiro atoms. The van der Waals surface area contributed by atoms with Crippen LogP contribution in [0, 0.1) is 0 Å². The van der Waals surface area contributed by atoms with Gasteiger partial charge >= 0.3 is 0 Å². The molecule has 0 amide bonds. The van der Waals surface area contributed by atoms with Crippen molar-refractivity contribution in [1.29, 1.82) is 0 Å². The minimum atomic E-state index is -0.0300. The van der Waals surface area contributed by atoms with E-state index < -0.39 is 0 Å². The van der Waals surface area contributed by atoms with E-state index in [1.807, 2.05) is 18.5 Å². The number of amidine groups is 1. The molecule has 0 bridgehead atoms. The largest absolute Gasteiger partial charge is 0.375 e. The number of fused-ring (bicyclic) bond motifs is 2. The highest BCUT2D eigenvalue weighted by atomic mass is 16.1. The van der Waals surface area contributed by atoms with Crippen LogP contribution in [0.15, 0.2) is 76.4 Å². The van der Waals surface area contributed by atoms with E-state index in [4.69, 9.17) is 4.99 Å². The Morgan fingerprint density at radius 1 is 1.10 bits per heavy atom. The van der Waals surface area contributed by atoms with Crippen LogP contribution in [0.1, 0.15) is 43.9 Å². The number of nitrogens with one attached hydrogen (secondary N) is 1. The maximum atomic E-state index is 12.4. The Kier molecular flexibility index (Phi) is 4.38. The molecule has 1 aromatic heterocycles. The van der Waals surface area contributed by atoms with Crippen LogP contribution < -0.4 is 10.9 Å². The van der Waals surface area contributed by atoms with Crippen molar-refractivity contribution in [2.75, 3.05) is 0 Å². The summed E-state index contributed by atoms with van der Waals surface area (Å²) in [4.78, 5) is 19.6. The summed E-state index contributed by atoms with van der Waals surface area (Å²) in [5.74, 6) is 0.973. The smallest absolute Gasteiger partial charge is 0.255 e. The molecular weight excluding hydrogens is 360 g/mol.